The fraction of sp³-hybridized carbons (Fsp3) is 0.400. The Hall–Kier alpha value is -2.76. The van der Waals surface area contributed by atoms with Gasteiger partial charge in [-0.2, -0.15) is 0 Å². The average Bonchev–Trinajstić information content (AvgIpc) is 3.21. The van der Waals surface area contributed by atoms with E-state index in [9.17, 15) is 4.79 Å². The number of amides is 1. The van der Waals surface area contributed by atoms with Crippen molar-refractivity contribution in [3.05, 3.63) is 59.5 Å². The molecule has 0 spiro atoms. The smallest absolute Gasteiger partial charge is 0.289 e. The van der Waals surface area contributed by atoms with E-state index in [0.717, 1.165) is 32.0 Å². The Morgan fingerprint density at radius 3 is 2.42 bits per heavy atom. The van der Waals surface area contributed by atoms with Crippen LogP contribution in [0.5, 0.6) is 0 Å². The van der Waals surface area contributed by atoms with Crippen molar-refractivity contribution in [1.29, 1.82) is 0 Å². The van der Waals surface area contributed by atoms with Crippen molar-refractivity contribution in [2.75, 3.05) is 39.8 Å². The molecular weight excluding hydrogens is 328 g/mol. The molecule has 6 nitrogen and oxygen atoms in total. The first kappa shape index (κ1) is 18.0. The number of rotatable bonds is 4. The van der Waals surface area contributed by atoms with Crippen LogP contribution in [0.4, 0.5) is 0 Å². The first-order chi connectivity index (χ1) is 12.7. The lowest BCUT2D eigenvalue weighted by atomic mass is 10.1. The maximum atomic E-state index is 12.3. The van der Waals surface area contributed by atoms with Crippen molar-refractivity contribution in [1.82, 2.24) is 15.1 Å². The number of aryl methyl sites for hydroxylation is 1. The Labute approximate surface area is 154 Å². The predicted octanol–water partition coefficient (Wildman–Crippen LogP) is 2.16. The van der Waals surface area contributed by atoms with Gasteiger partial charge in [0, 0.05) is 39.8 Å². The van der Waals surface area contributed by atoms with E-state index in [4.69, 9.17) is 4.42 Å². The zero-order valence-corrected chi connectivity index (χ0v) is 15.4. The van der Waals surface area contributed by atoms with Crippen LogP contribution in [0.15, 0.2) is 52.1 Å². The van der Waals surface area contributed by atoms with Crippen molar-refractivity contribution >= 4 is 11.9 Å². The van der Waals surface area contributed by atoms with Gasteiger partial charge in [0.25, 0.3) is 5.91 Å². The van der Waals surface area contributed by atoms with E-state index in [1.807, 2.05) is 4.90 Å². The van der Waals surface area contributed by atoms with Crippen LogP contribution >= 0.6 is 0 Å². The largest absolute Gasteiger partial charge is 0.459 e. The normalized spacial score (nSPS) is 15.2. The van der Waals surface area contributed by atoms with Crippen LogP contribution in [0.3, 0.4) is 0 Å². The van der Waals surface area contributed by atoms with Gasteiger partial charge in [-0.05, 0) is 31.0 Å². The highest BCUT2D eigenvalue weighted by atomic mass is 16.3. The van der Waals surface area contributed by atoms with Crippen LogP contribution < -0.4 is 5.32 Å². The number of hydrogen-bond donors (Lipinski definition) is 1. The molecule has 2 heterocycles. The maximum Gasteiger partial charge on any atom is 0.289 e. The molecular formula is C20H26N4O2. The van der Waals surface area contributed by atoms with Crippen molar-refractivity contribution in [3.8, 4) is 0 Å². The minimum Gasteiger partial charge on any atom is -0.459 e. The summed E-state index contributed by atoms with van der Waals surface area (Å²) in [5.41, 5.74) is 2.59. The number of nitrogens with zero attached hydrogens (tertiary/aromatic N) is 3. The minimum absolute atomic E-state index is 0.0445. The van der Waals surface area contributed by atoms with Gasteiger partial charge in [0.2, 0.25) is 0 Å². The Morgan fingerprint density at radius 1 is 1.12 bits per heavy atom. The van der Waals surface area contributed by atoms with Crippen LogP contribution in [-0.2, 0) is 6.42 Å². The van der Waals surface area contributed by atoms with Gasteiger partial charge in [0.05, 0.1) is 6.26 Å². The molecule has 1 aliphatic rings. The lowest BCUT2D eigenvalue weighted by Crippen LogP contribution is -2.53. The summed E-state index contributed by atoms with van der Waals surface area (Å²) in [4.78, 5) is 20.7. The topological polar surface area (TPSA) is 61.1 Å². The Bertz CT molecular complexity index is 730. The molecule has 6 heteroatoms. The summed E-state index contributed by atoms with van der Waals surface area (Å²) in [6, 6.07) is 12.1. The number of piperazine rings is 1. The number of carbonyl (C=O) groups excluding carboxylic acids is 1. The average molecular weight is 354 g/mol. The molecule has 0 unspecified atom stereocenters. The molecule has 1 aliphatic heterocycles. The second-order valence-electron chi connectivity index (χ2n) is 6.47. The number of furan rings is 1. The molecule has 1 fully saturated rings. The molecule has 1 aromatic carbocycles. The van der Waals surface area contributed by atoms with Gasteiger partial charge in [0.1, 0.15) is 0 Å². The fourth-order valence-corrected chi connectivity index (χ4v) is 3.08. The van der Waals surface area contributed by atoms with Gasteiger partial charge in [0.15, 0.2) is 11.7 Å². The van der Waals surface area contributed by atoms with Gasteiger partial charge < -0.3 is 19.5 Å². The summed E-state index contributed by atoms with van der Waals surface area (Å²) in [6.45, 7) is 5.78. The number of carbonyl (C=O) groups is 1. The van der Waals surface area contributed by atoms with Gasteiger partial charge in [-0.1, -0.05) is 29.8 Å². The van der Waals surface area contributed by atoms with Gasteiger partial charge in [-0.3, -0.25) is 9.79 Å². The van der Waals surface area contributed by atoms with Gasteiger partial charge in [-0.25, -0.2) is 0 Å². The van der Waals surface area contributed by atoms with E-state index in [0.29, 0.717) is 18.8 Å². The molecule has 0 atom stereocenters. The summed E-state index contributed by atoms with van der Waals surface area (Å²) < 4.78 is 5.21. The van der Waals surface area contributed by atoms with E-state index in [1.54, 1.807) is 19.2 Å². The van der Waals surface area contributed by atoms with E-state index < -0.39 is 0 Å². The molecule has 3 rings (SSSR count). The van der Waals surface area contributed by atoms with Crippen LogP contribution in [-0.4, -0.2) is 61.4 Å². The highest BCUT2D eigenvalue weighted by Crippen LogP contribution is 2.10. The molecule has 1 saturated heterocycles. The third-order valence-corrected chi connectivity index (χ3v) is 4.63. The van der Waals surface area contributed by atoms with Crippen LogP contribution in [0.25, 0.3) is 0 Å². The highest BCUT2D eigenvalue weighted by Gasteiger charge is 2.24. The number of hydrogen-bond acceptors (Lipinski definition) is 3. The molecule has 0 radical (unpaired) electrons. The van der Waals surface area contributed by atoms with Gasteiger partial charge >= 0.3 is 0 Å². The number of benzene rings is 1. The molecule has 1 aromatic heterocycles. The Balaban J connectivity index is 1.46. The first-order valence-electron chi connectivity index (χ1n) is 9.01. The number of aliphatic imine (C=N–C) groups is 1. The Kier molecular flexibility index (Phi) is 5.94. The summed E-state index contributed by atoms with van der Waals surface area (Å²) >= 11 is 0. The predicted molar refractivity (Wildman–Crippen MR) is 102 cm³/mol. The summed E-state index contributed by atoms with van der Waals surface area (Å²) in [7, 11) is 1.80. The Morgan fingerprint density at radius 2 is 1.81 bits per heavy atom. The zero-order valence-electron chi connectivity index (χ0n) is 15.4. The van der Waals surface area contributed by atoms with Crippen molar-refractivity contribution in [3.63, 3.8) is 0 Å². The van der Waals surface area contributed by atoms with E-state index in [2.05, 4.69) is 46.4 Å². The molecule has 1 amide bonds. The molecule has 0 bridgehead atoms. The highest BCUT2D eigenvalue weighted by molar-refractivity contribution is 5.91. The van der Waals surface area contributed by atoms with Crippen LogP contribution in [0.1, 0.15) is 21.7 Å². The monoisotopic (exact) mass is 354 g/mol. The van der Waals surface area contributed by atoms with Crippen molar-refractivity contribution < 1.29 is 9.21 Å². The second-order valence-corrected chi connectivity index (χ2v) is 6.47. The lowest BCUT2D eigenvalue weighted by Gasteiger charge is -2.36. The quantitative estimate of drug-likeness (QED) is 0.675. The summed E-state index contributed by atoms with van der Waals surface area (Å²) in [5.74, 6) is 1.25. The van der Waals surface area contributed by atoms with Gasteiger partial charge in [-0.15, -0.1) is 0 Å². The maximum absolute atomic E-state index is 12.3. The third kappa shape index (κ3) is 4.45. The standard InChI is InChI=1S/C20H26N4O2/c1-16-5-7-17(8-6-16)9-10-22-20(21-2)24-13-11-23(12-14-24)19(25)18-4-3-15-26-18/h3-8,15H,9-14H2,1-2H3,(H,21,22). The molecule has 138 valence electrons. The number of guanidine groups is 1. The molecule has 0 aliphatic carbocycles. The first-order valence-corrected chi connectivity index (χ1v) is 9.01. The van der Waals surface area contributed by atoms with Crippen molar-refractivity contribution in [2.45, 2.75) is 13.3 Å². The molecule has 0 saturated carbocycles. The number of nitrogens with one attached hydrogen (secondary N) is 1. The van der Waals surface area contributed by atoms with Crippen LogP contribution in [0.2, 0.25) is 0 Å². The second kappa shape index (κ2) is 8.56. The minimum atomic E-state index is -0.0445. The van der Waals surface area contributed by atoms with Crippen molar-refractivity contribution in [2.24, 2.45) is 4.99 Å². The summed E-state index contributed by atoms with van der Waals surface area (Å²) in [6.07, 6.45) is 2.49. The third-order valence-electron chi connectivity index (χ3n) is 4.63. The fourth-order valence-electron chi connectivity index (χ4n) is 3.08. The van der Waals surface area contributed by atoms with E-state index >= 15 is 0 Å². The van der Waals surface area contributed by atoms with Crippen LogP contribution in [0, 0.1) is 6.92 Å². The van der Waals surface area contributed by atoms with E-state index in [-0.39, 0.29) is 5.91 Å². The SMILES string of the molecule is CN=C(NCCc1ccc(C)cc1)N1CCN(C(=O)c2ccco2)CC1. The van der Waals surface area contributed by atoms with E-state index in [1.165, 1.54) is 17.4 Å². The molecule has 1 N–H and O–H groups in total. The zero-order chi connectivity index (χ0) is 18.4. The molecule has 26 heavy (non-hydrogen) atoms. The summed E-state index contributed by atoms with van der Waals surface area (Å²) in [5, 5.41) is 3.43. The molecule has 2 aromatic rings. The lowest BCUT2D eigenvalue weighted by molar-refractivity contribution is 0.0658.